The van der Waals surface area contributed by atoms with E-state index in [1.54, 1.807) is 36.4 Å². The van der Waals surface area contributed by atoms with Crippen molar-refractivity contribution in [3.63, 3.8) is 0 Å². The highest BCUT2D eigenvalue weighted by Gasteiger charge is 2.37. The number of hydrogen-bond acceptors (Lipinski definition) is 3. The second kappa shape index (κ2) is 4.65. The van der Waals surface area contributed by atoms with Gasteiger partial charge in [0.25, 0.3) is 11.8 Å². The van der Waals surface area contributed by atoms with Crippen LogP contribution >= 0.6 is 11.6 Å². The molecule has 0 N–H and O–H groups in total. The van der Waals surface area contributed by atoms with Gasteiger partial charge in [0.15, 0.2) is 0 Å². The van der Waals surface area contributed by atoms with Crippen LogP contribution in [-0.4, -0.2) is 18.9 Å². The van der Waals surface area contributed by atoms with Gasteiger partial charge in [-0.25, -0.2) is 4.90 Å². The van der Waals surface area contributed by atoms with Crippen LogP contribution in [0.4, 0.5) is 5.69 Å². The number of methoxy groups -OCH3 is 1. The number of hydrogen-bond donors (Lipinski definition) is 0. The lowest BCUT2D eigenvalue weighted by atomic mass is 10.1. The Labute approximate surface area is 120 Å². The third-order valence-electron chi connectivity index (χ3n) is 3.17. The second-order valence-electron chi connectivity index (χ2n) is 4.31. The molecule has 1 aliphatic rings. The fourth-order valence-corrected chi connectivity index (χ4v) is 2.42. The molecular weight excluding hydrogens is 278 g/mol. The van der Waals surface area contributed by atoms with Crippen molar-refractivity contribution in [1.29, 1.82) is 0 Å². The van der Waals surface area contributed by atoms with Crippen molar-refractivity contribution >= 4 is 29.1 Å². The van der Waals surface area contributed by atoms with E-state index in [1.165, 1.54) is 13.2 Å². The number of carbonyl (C=O) groups is 2. The molecule has 4 nitrogen and oxygen atoms in total. The first-order chi connectivity index (χ1) is 9.63. The van der Waals surface area contributed by atoms with Crippen LogP contribution in [0, 0.1) is 0 Å². The Hall–Kier alpha value is -2.33. The van der Waals surface area contributed by atoms with Gasteiger partial charge in [0.2, 0.25) is 0 Å². The third kappa shape index (κ3) is 1.77. The van der Waals surface area contributed by atoms with Crippen LogP contribution in [0.1, 0.15) is 20.7 Å². The molecule has 0 bridgehead atoms. The maximum atomic E-state index is 12.4. The van der Waals surface area contributed by atoms with Gasteiger partial charge in [0.1, 0.15) is 5.75 Å². The third-order valence-corrected chi connectivity index (χ3v) is 3.41. The molecule has 0 spiro atoms. The van der Waals surface area contributed by atoms with E-state index in [-0.39, 0.29) is 5.91 Å². The zero-order chi connectivity index (χ0) is 14.3. The SMILES string of the molecule is COc1ccccc1N1C(=O)c2ccc(Cl)cc2C1=O. The summed E-state index contributed by atoms with van der Waals surface area (Å²) in [4.78, 5) is 25.9. The minimum atomic E-state index is -0.392. The Morgan fingerprint density at radius 2 is 1.70 bits per heavy atom. The molecule has 2 aromatic rings. The van der Waals surface area contributed by atoms with E-state index >= 15 is 0 Å². The fraction of sp³-hybridized carbons (Fsp3) is 0.0667. The van der Waals surface area contributed by atoms with Crippen molar-refractivity contribution in [2.75, 3.05) is 12.0 Å². The average Bonchev–Trinajstić information content (AvgIpc) is 2.70. The van der Waals surface area contributed by atoms with E-state index < -0.39 is 5.91 Å². The minimum Gasteiger partial charge on any atom is -0.495 e. The molecule has 100 valence electrons. The van der Waals surface area contributed by atoms with E-state index in [0.717, 1.165) is 4.90 Å². The number of anilines is 1. The van der Waals surface area contributed by atoms with Crippen LogP contribution in [-0.2, 0) is 0 Å². The number of rotatable bonds is 2. The summed E-state index contributed by atoms with van der Waals surface area (Å²) in [6, 6.07) is 11.6. The van der Waals surface area contributed by atoms with Crippen molar-refractivity contribution in [1.82, 2.24) is 0 Å². The van der Waals surface area contributed by atoms with Gasteiger partial charge in [-0.05, 0) is 30.3 Å². The summed E-state index contributed by atoms with van der Waals surface area (Å²) in [5.74, 6) is -0.295. The average molecular weight is 288 g/mol. The lowest BCUT2D eigenvalue weighted by Gasteiger charge is -2.16. The summed E-state index contributed by atoms with van der Waals surface area (Å²) in [6.45, 7) is 0. The van der Waals surface area contributed by atoms with E-state index in [9.17, 15) is 9.59 Å². The number of halogens is 1. The van der Waals surface area contributed by atoms with Crippen LogP contribution in [0.3, 0.4) is 0 Å². The molecule has 0 saturated heterocycles. The Kier molecular flexibility index (Phi) is 2.95. The number of imide groups is 1. The summed E-state index contributed by atoms with van der Waals surface area (Å²) >= 11 is 5.88. The molecule has 2 aromatic carbocycles. The van der Waals surface area contributed by atoms with Crippen LogP contribution in [0.5, 0.6) is 5.75 Å². The molecular formula is C15H10ClNO3. The predicted molar refractivity (Wildman–Crippen MR) is 75.6 cm³/mol. The Morgan fingerprint density at radius 3 is 2.45 bits per heavy atom. The van der Waals surface area contributed by atoms with E-state index in [2.05, 4.69) is 0 Å². The molecule has 2 amide bonds. The van der Waals surface area contributed by atoms with Crippen LogP contribution in [0.15, 0.2) is 42.5 Å². The first-order valence-corrected chi connectivity index (χ1v) is 6.32. The van der Waals surface area contributed by atoms with Gasteiger partial charge in [-0.15, -0.1) is 0 Å². The maximum Gasteiger partial charge on any atom is 0.266 e. The number of benzene rings is 2. The Balaban J connectivity index is 2.14. The Bertz CT molecular complexity index is 727. The van der Waals surface area contributed by atoms with Crippen LogP contribution < -0.4 is 9.64 Å². The van der Waals surface area contributed by atoms with Crippen molar-refractivity contribution in [3.8, 4) is 5.75 Å². The minimum absolute atomic E-state index is 0.313. The second-order valence-corrected chi connectivity index (χ2v) is 4.74. The topological polar surface area (TPSA) is 46.6 Å². The smallest absolute Gasteiger partial charge is 0.266 e. The number of nitrogens with zero attached hydrogens (tertiary/aromatic N) is 1. The predicted octanol–water partition coefficient (Wildman–Crippen LogP) is 3.15. The first-order valence-electron chi connectivity index (χ1n) is 5.95. The van der Waals surface area contributed by atoms with Gasteiger partial charge in [-0.2, -0.15) is 0 Å². The number of ether oxygens (including phenoxy) is 1. The lowest BCUT2D eigenvalue weighted by molar-refractivity contribution is 0.0925. The van der Waals surface area contributed by atoms with Crippen molar-refractivity contribution in [2.45, 2.75) is 0 Å². The number of para-hydroxylation sites is 2. The normalized spacial score (nSPS) is 13.6. The van der Waals surface area contributed by atoms with E-state index in [4.69, 9.17) is 16.3 Å². The molecule has 0 atom stereocenters. The standard InChI is InChI=1S/C15H10ClNO3/c1-20-13-5-3-2-4-12(13)17-14(18)10-7-6-9(16)8-11(10)15(17)19/h2-8H,1H3. The molecule has 0 unspecified atom stereocenters. The molecule has 0 radical (unpaired) electrons. The zero-order valence-electron chi connectivity index (χ0n) is 10.6. The number of fused-ring (bicyclic) bond motifs is 1. The number of amides is 2. The monoisotopic (exact) mass is 287 g/mol. The molecule has 0 saturated carbocycles. The quantitative estimate of drug-likeness (QED) is 0.797. The molecule has 1 aliphatic heterocycles. The molecule has 1 heterocycles. The van der Waals surface area contributed by atoms with Crippen molar-refractivity contribution in [2.24, 2.45) is 0 Å². The summed E-state index contributed by atoms with van der Waals surface area (Å²) in [6.07, 6.45) is 0. The highest BCUT2D eigenvalue weighted by Crippen LogP contribution is 2.35. The maximum absolute atomic E-state index is 12.4. The van der Waals surface area contributed by atoms with E-state index in [1.807, 2.05) is 0 Å². The van der Waals surface area contributed by atoms with Crippen molar-refractivity contribution in [3.05, 3.63) is 58.6 Å². The molecule has 5 heteroatoms. The first kappa shape index (κ1) is 12.7. The summed E-state index contributed by atoms with van der Waals surface area (Å²) in [7, 11) is 1.49. The highest BCUT2D eigenvalue weighted by molar-refractivity contribution is 6.37. The Morgan fingerprint density at radius 1 is 1.00 bits per heavy atom. The molecule has 3 rings (SSSR count). The summed E-state index contributed by atoms with van der Waals surface area (Å²) in [5, 5.41) is 0.423. The van der Waals surface area contributed by atoms with Gasteiger partial charge in [0.05, 0.1) is 23.9 Å². The van der Waals surface area contributed by atoms with E-state index in [0.29, 0.717) is 27.6 Å². The lowest BCUT2D eigenvalue weighted by Crippen LogP contribution is -2.29. The summed E-state index contributed by atoms with van der Waals surface area (Å²) < 4.78 is 5.20. The number of carbonyl (C=O) groups excluding carboxylic acids is 2. The molecule has 0 aliphatic carbocycles. The highest BCUT2D eigenvalue weighted by atomic mass is 35.5. The molecule has 0 aromatic heterocycles. The van der Waals surface area contributed by atoms with Crippen LogP contribution in [0.25, 0.3) is 0 Å². The summed E-state index contributed by atoms with van der Waals surface area (Å²) in [5.41, 5.74) is 1.09. The van der Waals surface area contributed by atoms with Gasteiger partial charge in [-0.3, -0.25) is 9.59 Å². The zero-order valence-corrected chi connectivity index (χ0v) is 11.3. The van der Waals surface area contributed by atoms with Gasteiger partial charge < -0.3 is 4.74 Å². The largest absolute Gasteiger partial charge is 0.495 e. The van der Waals surface area contributed by atoms with Gasteiger partial charge in [0, 0.05) is 5.02 Å². The van der Waals surface area contributed by atoms with Gasteiger partial charge >= 0.3 is 0 Å². The molecule has 20 heavy (non-hydrogen) atoms. The van der Waals surface area contributed by atoms with Crippen LogP contribution in [0.2, 0.25) is 5.02 Å². The molecule has 0 fully saturated rings. The fourth-order valence-electron chi connectivity index (χ4n) is 2.25. The van der Waals surface area contributed by atoms with Crippen molar-refractivity contribution < 1.29 is 14.3 Å². The van der Waals surface area contributed by atoms with Gasteiger partial charge in [-0.1, -0.05) is 23.7 Å².